The molecular weight excluding hydrogens is 442 g/mol. The molecule has 4 aromatic rings. The number of amides is 1. The Labute approximate surface area is 193 Å². The van der Waals surface area contributed by atoms with Crippen molar-refractivity contribution in [1.82, 2.24) is 29.2 Å². The van der Waals surface area contributed by atoms with Crippen LogP contribution in [0.2, 0.25) is 0 Å². The second-order valence-corrected chi connectivity index (χ2v) is 10.4. The fourth-order valence-corrected chi connectivity index (χ4v) is 6.01. The van der Waals surface area contributed by atoms with Gasteiger partial charge in [0.05, 0.1) is 23.0 Å². The number of piperazine rings is 1. The first-order valence-electron chi connectivity index (χ1n) is 10.8. The van der Waals surface area contributed by atoms with Crippen LogP contribution in [0.5, 0.6) is 0 Å². The van der Waals surface area contributed by atoms with E-state index in [1.54, 1.807) is 18.0 Å². The zero-order chi connectivity index (χ0) is 21.5. The normalized spacial score (nSPS) is 17.9. The van der Waals surface area contributed by atoms with Gasteiger partial charge in [-0.1, -0.05) is 23.1 Å². The first-order chi connectivity index (χ1) is 15.7. The van der Waals surface area contributed by atoms with Gasteiger partial charge in [0.1, 0.15) is 5.03 Å². The monoisotopic (exact) mass is 465 g/mol. The molecule has 3 aromatic heterocycles. The van der Waals surface area contributed by atoms with Crippen LogP contribution in [0.1, 0.15) is 12.8 Å². The number of thiazole rings is 1. The van der Waals surface area contributed by atoms with Crippen LogP contribution < -0.4 is 5.32 Å². The van der Waals surface area contributed by atoms with Gasteiger partial charge >= 0.3 is 0 Å². The average molecular weight is 466 g/mol. The van der Waals surface area contributed by atoms with Crippen LogP contribution >= 0.6 is 23.1 Å². The molecule has 0 atom stereocenters. The lowest BCUT2D eigenvalue weighted by Crippen LogP contribution is -2.49. The van der Waals surface area contributed by atoms with Crippen molar-refractivity contribution in [2.75, 3.05) is 38.0 Å². The van der Waals surface area contributed by atoms with Crippen molar-refractivity contribution in [3.8, 4) is 0 Å². The van der Waals surface area contributed by atoms with Crippen LogP contribution in [-0.4, -0.2) is 73.8 Å². The third kappa shape index (κ3) is 4.23. The number of fused-ring (bicyclic) bond motifs is 2. The van der Waals surface area contributed by atoms with E-state index in [1.807, 2.05) is 35.0 Å². The van der Waals surface area contributed by atoms with Crippen molar-refractivity contribution in [3.05, 3.63) is 42.9 Å². The minimum absolute atomic E-state index is 0.0109. The summed E-state index contributed by atoms with van der Waals surface area (Å²) in [5.74, 6) is 0.699. The number of imidazole rings is 1. The summed E-state index contributed by atoms with van der Waals surface area (Å²) < 4.78 is 3.02. The van der Waals surface area contributed by atoms with E-state index >= 15 is 0 Å². The molecular formula is C22H23N7OS2. The molecule has 32 heavy (non-hydrogen) atoms. The molecule has 0 unspecified atom stereocenters. The average Bonchev–Trinajstić information content (AvgIpc) is 3.46. The van der Waals surface area contributed by atoms with Gasteiger partial charge < -0.3 is 5.32 Å². The maximum absolute atomic E-state index is 12.6. The van der Waals surface area contributed by atoms with Gasteiger partial charge in [-0.3, -0.25) is 19.0 Å². The number of hydrogen-bond donors (Lipinski definition) is 1. The van der Waals surface area contributed by atoms with Gasteiger partial charge in [0, 0.05) is 49.5 Å². The Morgan fingerprint density at radius 3 is 2.91 bits per heavy atom. The summed E-state index contributed by atoms with van der Waals surface area (Å²) in [5, 5.41) is 4.66. The predicted molar refractivity (Wildman–Crippen MR) is 126 cm³/mol. The molecule has 1 aliphatic carbocycles. The number of benzene rings is 1. The van der Waals surface area contributed by atoms with E-state index < -0.39 is 0 Å². The molecule has 0 radical (unpaired) electrons. The Bertz CT molecular complexity index is 1270. The zero-order valence-corrected chi connectivity index (χ0v) is 19.1. The number of anilines is 1. The maximum atomic E-state index is 12.6. The highest BCUT2D eigenvalue weighted by Crippen LogP contribution is 2.33. The Morgan fingerprint density at radius 1 is 1.19 bits per heavy atom. The summed E-state index contributed by atoms with van der Waals surface area (Å²) in [5.41, 5.74) is 0.896. The first-order valence-corrected chi connectivity index (χ1v) is 12.5. The van der Waals surface area contributed by atoms with Crippen molar-refractivity contribution in [1.29, 1.82) is 0 Å². The van der Waals surface area contributed by atoms with Gasteiger partial charge in [-0.05, 0) is 37.1 Å². The number of carbonyl (C=O) groups is 1. The zero-order valence-electron chi connectivity index (χ0n) is 17.5. The highest BCUT2D eigenvalue weighted by molar-refractivity contribution is 7.99. The molecule has 4 heterocycles. The highest BCUT2D eigenvalue weighted by atomic mass is 32.2. The third-order valence-electron chi connectivity index (χ3n) is 5.92. The molecule has 0 spiro atoms. The van der Waals surface area contributed by atoms with Crippen molar-refractivity contribution in [2.24, 2.45) is 0 Å². The summed E-state index contributed by atoms with van der Waals surface area (Å²) in [7, 11) is 0. The fraction of sp³-hybridized carbons (Fsp3) is 0.364. The summed E-state index contributed by atoms with van der Waals surface area (Å²) in [6.07, 6.45) is 8.22. The number of aromatic nitrogens is 4. The van der Waals surface area contributed by atoms with Crippen LogP contribution in [0.3, 0.4) is 0 Å². The Morgan fingerprint density at radius 2 is 2.06 bits per heavy atom. The van der Waals surface area contributed by atoms with Crippen molar-refractivity contribution < 1.29 is 4.79 Å². The van der Waals surface area contributed by atoms with Crippen molar-refractivity contribution in [2.45, 2.75) is 28.8 Å². The van der Waals surface area contributed by atoms with Gasteiger partial charge in [0.15, 0.2) is 5.13 Å². The molecule has 2 aliphatic rings. The number of hydrogen-bond acceptors (Lipinski definition) is 8. The Balaban J connectivity index is 1.10. The molecule has 1 amide bonds. The summed E-state index contributed by atoms with van der Waals surface area (Å²) in [4.78, 5) is 31.7. The lowest BCUT2D eigenvalue weighted by molar-refractivity contribution is -0.117. The Kier molecular flexibility index (Phi) is 5.30. The van der Waals surface area contributed by atoms with E-state index in [0.717, 1.165) is 52.4 Å². The van der Waals surface area contributed by atoms with Gasteiger partial charge in [-0.2, -0.15) is 0 Å². The van der Waals surface area contributed by atoms with Crippen LogP contribution in [0.15, 0.2) is 52.8 Å². The first kappa shape index (κ1) is 20.1. The molecule has 1 N–H and O–H groups in total. The van der Waals surface area contributed by atoms with Gasteiger partial charge in [0.2, 0.25) is 11.7 Å². The standard InChI is InChI=1S/C22H23N7OS2/c30-19(14-27-8-10-28(11-9-27)15-2-3-15)26-22-25-17-5-4-16(12-18(17)32-22)31-20-13-24-21-23-6-1-7-29(20)21/h1,4-7,12-13,15H,2-3,8-11,14H2,(H,25,26,30). The lowest BCUT2D eigenvalue weighted by atomic mass is 10.3. The molecule has 8 nitrogen and oxygen atoms in total. The van der Waals surface area contributed by atoms with Gasteiger partial charge in [-0.15, -0.1) is 0 Å². The van der Waals surface area contributed by atoms with Gasteiger partial charge in [0.25, 0.3) is 0 Å². The second kappa shape index (κ2) is 8.43. The van der Waals surface area contributed by atoms with E-state index in [9.17, 15) is 4.79 Å². The number of nitrogens with zero attached hydrogens (tertiary/aromatic N) is 6. The van der Waals surface area contributed by atoms with Crippen molar-refractivity contribution in [3.63, 3.8) is 0 Å². The smallest absolute Gasteiger partial charge is 0.240 e. The van der Waals surface area contributed by atoms with E-state index in [1.165, 1.54) is 24.2 Å². The maximum Gasteiger partial charge on any atom is 0.240 e. The molecule has 1 aromatic carbocycles. The van der Waals surface area contributed by atoms with E-state index in [2.05, 4.69) is 36.1 Å². The molecule has 10 heteroatoms. The molecule has 164 valence electrons. The number of rotatable bonds is 6. The van der Waals surface area contributed by atoms with Crippen LogP contribution in [0, 0.1) is 0 Å². The quantitative estimate of drug-likeness (QED) is 0.468. The SMILES string of the molecule is O=C(CN1CCN(C2CC2)CC1)Nc1nc2ccc(Sc3cnc4ncccn34)cc2s1. The Hall–Kier alpha value is -2.53. The minimum Gasteiger partial charge on any atom is -0.301 e. The predicted octanol–water partition coefficient (Wildman–Crippen LogP) is 3.21. The van der Waals surface area contributed by atoms with Crippen LogP contribution in [-0.2, 0) is 4.79 Å². The number of nitrogens with one attached hydrogen (secondary N) is 1. The molecule has 1 saturated carbocycles. The second-order valence-electron chi connectivity index (χ2n) is 8.23. The van der Waals surface area contributed by atoms with Crippen LogP contribution in [0.25, 0.3) is 16.0 Å². The molecule has 2 fully saturated rings. The summed E-state index contributed by atoms with van der Waals surface area (Å²) in [6.45, 7) is 4.49. The van der Waals surface area contributed by atoms with Gasteiger partial charge in [-0.25, -0.2) is 15.0 Å². The topological polar surface area (TPSA) is 78.7 Å². The highest BCUT2D eigenvalue weighted by Gasteiger charge is 2.31. The summed E-state index contributed by atoms with van der Waals surface area (Å²) >= 11 is 3.15. The van der Waals surface area contributed by atoms with E-state index in [-0.39, 0.29) is 5.91 Å². The molecule has 1 aliphatic heterocycles. The fourth-order valence-electron chi connectivity index (χ4n) is 4.11. The third-order valence-corrected chi connectivity index (χ3v) is 7.86. The van der Waals surface area contributed by atoms with Crippen molar-refractivity contribution >= 4 is 50.1 Å². The molecule has 1 saturated heterocycles. The number of carbonyl (C=O) groups excluding carboxylic acids is 1. The summed E-state index contributed by atoms with van der Waals surface area (Å²) in [6, 6.07) is 8.87. The molecule has 0 bridgehead atoms. The lowest BCUT2D eigenvalue weighted by Gasteiger charge is -2.34. The molecule has 6 rings (SSSR count). The largest absolute Gasteiger partial charge is 0.301 e. The van der Waals surface area contributed by atoms with E-state index in [0.29, 0.717) is 17.5 Å². The van der Waals surface area contributed by atoms with E-state index in [4.69, 9.17) is 0 Å². The minimum atomic E-state index is 0.0109. The van der Waals surface area contributed by atoms with Crippen LogP contribution in [0.4, 0.5) is 5.13 Å².